The van der Waals surface area contributed by atoms with Gasteiger partial charge in [-0.1, -0.05) is 0 Å². The van der Waals surface area contributed by atoms with Crippen LogP contribution in [0.2, 0.25) is 0 Å². The van der Waals surface area contributed by atoms with Crippen molar-refractivity contribution in [3.05, 3.63) is 20.8 Å². The maximum atomic E-state index is 11.3. The maximum absolute atomic E-state index is 11.3. The third-order valence-electron chi connectivity index (χ3n) is 1.65. The molecule has 0 aromatic carbocycles. The minimum atomic E-state index is 0.295. The molecule has 1 aromatic rings. The van der Waals surface area contributed by atoms with Crippen molar-refractivity contribution in [3.63, 3.8) is 0 Å². The number of rotatable bonds is 5. The number of hydrogen-bond donors (Lipinski definition) is 1. The zero-order valence-electron chi connectivity index (χ0n) is 7.47. The Labute approximate surface area is 90.5 Å². The molecule has 1 aromatic heterocycles. The average Bonchev–Trinajstić information content (AvgIpc) is 2.48. The van der Waals surface area contributed by atoms with E-state index in [2.05, 4.69) is 21.2 Å². The molecule has 4 heteroatoms. The van der Waals surface area contributed by atoms with Crippen molar-refractivity contribution in [2.75, 3.05) is 13.6 Å². The monoisotopic (exact) mass is 261 g/mol. The first-order valence-corrected chi connectivity index (χ1v) is 5.79. The van der Waals surface area contributed by atoms with Gasteiger partial charge in [0.25, 0.3) is 0 Å². The van der Waals surface area contributed by atoms with Gasteiger partial charge in [0.15, 0.2) is 0 Å². The fraction of sp³-hybridized carbons (Fsp3) is 0.444. The normalized spacial score (nSPS) is 10.3. The first-order valence-electron chi connectivity index (χ1n) is 4.11. The summed E-state index contributed by atoms with van der Waals surface area (Å²) < 4.78 is 1.06. The van der Waals surface area contributed by atoms with E-state index >= 15 is 0 Å². The zero-order chi connectivity index (χ0) is 9.68. The van der Waals surface area contributed by atoms with E-state index in [0.29, 0.717) is 18.6 Å². The van der Waals surface area contributed by atoms with Crippen LogP contribution in [0.3, 0.4) is 0 Å². The number of ketones is 1. The number of Topliss-reactive ketones (excluding diaryl/α,β-unsaturated/α-hetero) is 1. The molecule has 0 atom stereocenters. The van der Waals surface area contributed by atoms with Crippen LogP contribution in [-0.4, -0.2) is 19.4 Å². The third-order valence-corrected chi connectivity index (χ3v) is 3.34. The highest BCUT2D eigenvalue weighted by atomic mass is 79.9. The number of nitrogens with one attached hydrogen (secondary N) is 1. The van der Waals surface area contributed by atoms with Crippen LogP contribution in [0.1, 0.15) is 11.3 Å². The van der Waals surface area contributed by atoms with Crippen molar-refractivity contribution in [1.82, 2.24) is 5.32 Å². The summed E-state index contributed by atoms with van der Waals surface area (Å²) in [6, 6.07) is 2.00. The SMILES string of the molecule is CNCCC(=O)Cc1cc(Br)cs1. The second-order valence-electron chi connectivity index (χ2n) is 2.80. The summed E-state index contributed by atoms with van der Waals surface area (Å²) in [4.78, 5) is 12.5. The minimum absolute atomic E-state index is 0.295. The highest BCUT2D eigenvalue weighted by Crippen LogP contribution is 2.20. The molecule has 0 radical (unpaired) electrons. The smallest absolute Gasteiger partial charge is 0.139 e. The van der Waals surface area contributed by atoms with Crippen molar-refractivity contribution >= 4 is 33.0 Å². The van der Waals surface area contributed by atoms with Crippen LogP contribution in [0.5, 0.6) is 0 Å². The molecule has 1 rings (SSSR count). The lowest BCUT2D eigenvalue weighted by molar-refractivity contribution is -0.118. The summed E-state index contributed by atoms with van der Waals surface area (Å²) in [6.07, 6.45) is 1.18. The predicted octanol–water partition coefficient (Wildman–Crippen LogP) is 2.23. The predicted molar refractivity (Wildman–Crippen MR) is 59.3 cm³/mol. The number of carbonyl (C=O) groups excluding carboxylic acids is 1. The Hall–Kier alpha value is -0.190. The van der Waals surface area contributed by atoms with E-state index < -0.39 is 0 Å². The van der Waals surface area contributed by atoms with E-state index in [9.17, 15) is 4.79 Å². The van der Waals surface area contributed by atoms with Gasteiger partial charge in [-0.3, -0.25) is 4.79 Å². The molecule has 0 saturated heterocycles. The third kappa shape index (κ3) is 4.02. The summed E-state index contributed by atoms with van der Waals surface area (Å²) in [5, 5.41) is 4.96. The van der Waals surface area contributed by atoms with Gasteiger partial charge >= 0.3 is 0 Å². The van der Waals surface area contributed by atoms with E-state index in [1.807, 2.05) is 18.5 Å². The maximum Gasteiger partial charge on any atom is 0.139 e. The molecule has 0 aliphatic carbocycles. The lowest BCUT2D eigenvalue weighted by Gasteiger charge is -1.97. The molecule has 0 aliphatic rings. The number of hydrogen-bond acceptors (Lipinski definition) is 3. The van der Waals surface area contributed by atoms with Gasteiger partial charge in [-0.05, 0) is 29.0 Å². The highest BCUT2D eigenvalue weighted by molar-refractivity contribution is 9.10. The molecular formula is C9H12BrNOS. The van der Waals surface area contributed by atoms with Gasteiger partial charge in [-0.2, -0.15) is 0 Å². The highest BCUT2D eigenvalue weighted by Gasteiger charge is 2.04. The van der Waals surface area contributed by atoms with Crippen molar-refractivity contribution in [2.24, 2.45) is 0 Å². The van der Waals surface area contributed by atoms with Gasteiger partial charge in [0, 0.05) is 34.1 Å². The lowest BCUT2D eigenvalue weighted by atomic mass is 10.2. The number of thiophene rings is 1. The Kier molecular flexibility index (Phi) is 4.62. The molecule has 0 spiro atoms. The fourth-order valence-corrected chi connectivity index (χ4v) is 2.47. The van der Waals surface area contributed by atoms with Crippen LogP contribution in [0.15, 0.2) is 15.9 Å². The quantitative estimate of drug-likeness (QED) is 0.881. The van der Waals surface area contributed by atoms with Gasteiger partial charge in [-0.15, -0.1) is 11.3 Å². The molecule has 2 nitrogen and oxygen atoms in total. The largest absolute Gasteiger partial charge is 0.319 e. The van der Waals surface area contributed by atoms with E-state index in [0.717, 1.165) is 15.9 Å². The molecule has 0 unspecified atom stereocenters. The second-order valence-corrected chi connectivity index (χ2v) is 4.71. The molecule has 72 valence electrons. The molecule has 0 aliphatic heterocycles. The lowest BCUT2D eigenvalue weighted by Crippen LogP contribution is -2.13. The van der Waals surface area contributed by atoms with E-state index in [1.165, 1.54) is 0 Å². The van der Waals surface area contributed by atoms with Crippen LogP contribution in [0.25, 0.3) is 0 Å². The van der Waals surface area contributed by atoms with Crippen molar-refractivity contribution in [2.45, 2.75) is 12.8 Å². The van der Waals surface area contributed by atoms with E-state index in [4.69, 9.17) is 0 Å². The summed E-state index contributed by atoms with van der Waals surface area (Å²) in [5.74, 6) is 0.295. The Balaban J connectivity index is 2.36. The Bertz CT molecular complexity index is 285. The fourth-order valence-electron chi connectivity index (χ4n) is 0.994. The number of halogens is 1. The molecule has 0 fully saturated rings. The van der Waals surface area contributed by atoms with Gasteiger partial charge in [-0.25, -0.2) is 0 Å². The first-order chi connectivity index (χ1) is 6.22. The Morgan fingerprint density at radius 3 is 3.00 bits per heavy atom. The van der Waals surface area contributed by atoms with Gasteiger partial charge in [0.2, 0.25) is 0 Å². The standard InChI is InChI=1S/C9H12BrNOS/c1-11-3-2-8(12)5-9-4-7(10)6-13-9/h4,6,11H,2-3,5H2,1H3. The van der Waals surface area contributed by atoms with Crippen LogP contribution >= 0.6 is 27.3 Å². The molecular weight excluding hydrogens is 250 g/mol. The molecule has 0 amide bonds. The van der Waals surface area contributed by atoms with Crippen LogP contribution in [0.4, 0.5) is 0 Å². The summed E-state index contributed by atoms with van der Waals surface area (Å²) in [7, 11) is 1.86. The van der Waals surface area contributed by atoms with Crippen LogP contribution in [0, 0.1) is 0 Å². The molecule has 1 heterocycles. The Morgan fingerprint density at radius 2 is 2.46 bits per heavy atom. The number of carbonyl (C=O) groups is 1. The second kappa shape index (κ2) is 5.52. The van der Waals surface area contributed by atoms with Crippen molar-refractivity contribution < 1.29 is 4.79 Å². The minimum Gasteiger partial charge on any atom is -0.319 e. The van der Waals surface area contributed by atoms with Gasteiger partial charge in [0.1, 0.15) is 5.78 Å². The van der Waals surface area contributed by atoms with Gasteiger partial charge < -0.3 is 5.32 Å². The first kappa shape index (κ1) is 10.9. The van der Waals surface area contributed by atoms with Crippen LogP contribution < -0.4 is 5.32 Å². The topological polar surface area (TPSA) is 29.1 Å². The molecule has 0 saturated carbocycles. The Morgan fingerprint density at radius 1 is 1.69 bits per heavy atom. The molecule has 1 N–H and O–H groups in total. The van der Waals surface area contributed by atoms with Gasteiger partial charge in [0.05, 0.1) is 0 Å². The average molecular weight is 262 g/mol. The van der Waals surface area contributed by atoms with Crippen molar-refractivity contribution in [1.29, 1.82) is 0 Å². The summed E-state index contributed by atoms with van der Waals surface area (Å²) >= 11 is 4.98. The summed E-state index contributed by atoms with van der Waals surface area (Å²) in [5.41, 5.74) is 0. The summed E-state index contributed by atoms with van der Waals surface area (Å²) in [6.45, 7) is 0.769. The molecule has 0 bridgehead atoms. The van der Waals surface area contributed by atoms with E-state index in [-0.39, 0.29) is 0 Å². The molecule has 13 heavy (non-hydrogen) atoms. The zero-order valence-corrected chi connectivity index (χ0v) is 9.87. The van der Waals surface area contributed by atoms with E-state index in [1.54, 1.807) is 11.3 Å². The van der Waals surface area contributed by atoms with Crippen molar-refractivity contribution in [3.8, 4) is 0 Å². The van der Waals surface area contributed by atoms with Crippen LogP contribution in [-0.2, 0) is 11.2 Å².